The summed E-state index contributed by atoms with van der Waals surface area (Å²) in [5, 5.41) is 22.8. The number of halogens is 2. The highest BCUT2D eigenvalue weighted by Crippen LogP contribution is 2.52. The number of methoxy groups -OCH3 is 1. The standard InChI is InChI=1S/C16H13Cl2NO5/c1-23-11-6-7-13-12(8-11)14(20)16(18,19(21)22)15(24-13)9-2-4-10(17)5-3-9/h2-8,14-15,20H,1H3/t14-,15-,16+/m1/s1. The molecule has 0 radical (unpaired) electrons. The van der Waals surface area contributed by atoms with E-state index in [1.54, 1.807) is 36.4 Å². The molecule has 2 aromatic rings. The number of alkyl halides is 1. The molecule has 0 bridgehead atoms. The van der Waals surface area contributed by atoms with Crippen molar-refractivity contribution in [1.82, 2.24) is 0 Å². The Hall–Kier alpha value is -2.02. The van der Waals surface area contributed by atoms with Gasteiger partial charge in [-0.25, -0.2) is 0 Å². The monoisotopic (exact) mass is 369 g/mol. The zero-order valence-electron chi connectivity index (χ0n) is 12.5. The number of benzene rings is 2. The summed E-state index contributed by atoms with van der Waals surface area (Å²) in [6, 6.07) is 11.0. The third-order valence-electron chi connectivity index (χ3n) is 3.96. The Balaban J connectivity index is 2.14. The second-order valence-electron chi connectivity index (χ2n) is 5.34. The predicted molar refractivity (Wildman–Crippen MR) is 88.4 cm³/mol. The number of aliphatic hydroxyl groups is 1. The molecule has 1 heterocycles. The number of ether oxygens (including phenoxy) is 2. The number of hydrogen-bond acceptors (Lipinski definition) is 5. The minimum atomic E-state index is -2.28. The van der Waals surface area contributed by atoms with Crippen molar-refractivity contribution in [2.75, 3.05) is 7.11 Å². The van der Waals surface area contributed by atoms with E-state index in [-0.39, 0.29) is 5.56 Å². The second kappa shape index (κ2) is 6.12. The van der Waals surface area contributed by atoms with Crippen LogP contribution in [0.1, 0.15) is 23.3 Å². The summed E-state index contributed by atoms with van der Waals surface area (Å²) in [7, 11) is 1.45. The number of nitrogens with zero attached hydrogens (tertiary/aromatic N) is 1. The molecule has 1 aliphatic rings. The van der Waals surface area contributed by atoms with E-state index in [1.165, 1.54) is 13.2 Å². The van der Waals surface area contributed by atoms with E-state index in [2.05, 4.69) is 0 Å². The van der Waals surface area contributed by atoms with E-state index in [0.717, 1.165) is 0 Å². The molecule has 6 nitrogen and oxygen atoms in total. The van der Waals surface area contributed by atoms with Crippen LogP contribution in [0, 0.1) is 10.1 Å². The van der Waals surface area contributed by atoms with Crippen molar-refractivity contribution in [3.63, 3.8) is 0 Å². The molecule has 126 valence electrons. The van der Waals surface area contributed by atoms with Crippen LogP contribution >= 0.6 is 23.2 Å². The number of aliphatic hydroxyl groups excluding tert-OH is 1. The van der Waals surface area contributed by atoms with Crippen LogP contribution in [0.15, 0.2) is 42.5 Å². The number of nitro groups is 1. The molecule has 0 fully saturated rings. The van der Waals surface area contributed by atoms with Crippen molar-refractivity contribution in [3.8, 4) is 11.5 Å². The van der Waals surface area contributed by atoms with Crippen LogP contribution in [0.4, 0.5) is 0 Å². The Morgan fingerprint density at radius 2 is 1.96 bits per heavy atom. The summed E-state index contributed by atoms with van der Waals surface area (Å²) < 4.78 is 10.9. The minimum Gasteiger partial charge on any atom is -0.497 e. The lowest BCUT2D eigenvalue weighted by Gasteiger charge is -2.37. The van der Waals surface area contributed by atoms with Crippen molar-refractivity contribution in [2.24, 2.45) is 0 Å². The first-order chi connectivity index (χ1) is 11.4. The lowest BCUT2D eigenvalue weighted by atomic mass is 9.89. The molecule has 2 aromatic carbocycles. The molecule has 1 N–H and O–H groups in total. The first kappa shape index (κ1) is 16.8. The smallest absolute Gasteiger partial charge is 0.364 e. The van der Waals surface area contributed by atoms with Crippen LogP contribution in [0.3, 0.4) is 0 Å². The van der Waals surface area contributed by atoms with Gasteiger partial charge >= 0.3 is 5.00 Å². The van der Waals surface area contributed by atoms with Crippen LogP contribution in [-0.2, 0) is 0 Å². The first-order valence-electron chi connectivity index (χ1n) is 6.99. The van der Waals surface area contributed by atoms with Crippen molar-refractivity contribution in [3.05, 3.63) is 68.7 Å². The molecule has 3 rings (SSSR count). The van der Waals surface area contributed by atoms with Crippen molar-refractivity contribution in [1.29, 1.82) is 0 Å². The number of rotatable bonds is 3. The van der Waals surface area contributed by atoms with E-state index in [1.807, 2.05) is 0 Å². The van der Waals surface area contributed by atoms with Gasteiger partial charge in [-0.3, -0.25) is 10.1 Å². The fourth-order valence-corrected chi connectivity index (χ4v) is 3.09. The summed E-state index contributed by atoms with van der Waals surface area (Å²) in [4.78, 5) is 8.66. The number of hydrogen-bond donors (Lipinski definition) is 1. The lowest BCUT2D eigenvalue weighted by Crippen LogP contribution is -2.49. The second-order valence-corrected chi connectivity index (χ2v) is 6.38. The normalized spacial score (nSPS) is 25.5. The summed E-state index contributed by atoms with van der Waals surface area (Å²) in [6.07, 6.45) is -2.78. The van der Waals surface area contributed by atoms with Crippen LogP contribution in [0.2, 0.25) is 5.02 Å². The summed E-state index contributed by atoms with van der Waals surface area (Å²) in [6.45, 7) is 0. The van der Waals surface area contributed by atoms with Gasteiger partial charge in [-0.05, 0) is 41.9 Å². The molecule has 0 spiro atoms. The Morgan fingerprint density at radius 3 is 2.54 bits per heavy atom. The fourth-order valence-electron chi connectivity index (χ4n) is 2.68. The van der Waals surface area contributed by atoms with Crippen LogP contribution in [0.5, 0.6) is 11.5 Å². The average molecular weight is 370 g/mol. The zero-order chi connectivity index (χ0) is 17.5. The minimum absolute atomic E-state index is 0.200. The summed E-state index contributed by atoms with van der Waals surface area (Å²) >= 11 is 12.1. The van der Waals surface area contributed by atoms with Crippen LogP contribution < -0.4 is 9.47 Å². The lowest BCUT2D eigenvalue weighted by molar-refractivity contribution is -0.570. The van der Waals surface area contributed by atoms with Gasteiger partial charge in [-0.1, -0.05) is 23.7 Å². The van der Waals surface area contributed by atoms with Gasteiger partial charge in [0.2, 0.25) is 6.10 Å². The molecule has 8 heteroatoms. The van der Waals surface area contributed by atoms with Crippen molar-refractivity contribution in [2.45, 2.75) is 17.2 Å². The highest BCUT2D eigenvalue weighted by Gasteiger charge is 2.61. The maximum atomic E-state index is 11.7. The quantitative estimate of drug-likeness (QED) is 0.385. The van der Waals surface area contributed by atoms with E-state index in [9.17, 15) is 15.2 Å². The van der Waals surface area contributed by atoms with E-state index in [0.29, 0.717) is 22.1 Å². The maximum Gasteiger partial charge on any atom is 0.364 e. The zero-order valence-corrected chi connectivity index (χ0v) is 14.0. The molecule has 0 aliphatic carbocycles. The largest absolute Gasteiger partial charge is 0.497 e. The summed E-state index contributed by atoms with van der Waals surface area (Å²) in [5.41, 5.74) is 0.637. The Bertz CT molecular complexity index is 783. The van der Waals surface area contributed by atoms with Gasteiger partial charge in [0.25, 0.3) is 0 Å². The Morgan fingerprint density at radius 1 is 1.29 bits per heavy atom. The SMILES string of the molecule is COc1ccc2c(c1)[C@@H](O)[C@](Cl)([N+](=O)[O-])[C@@H](c1ccc(Cl)cc1)O2. The third-order valence-corrected chi connectivity index (χ3v) is 4.76. The molecule has 0 unspecified atom stereocenters. The van der Waals surface area contributed by atoms with Gasteiger partial charge in [0, 0.05) is 16.1 Å². The predicted octanol–water partition coefficient (Wildman–Crippen LogP) is 3.73. The molecule has 0 saturated carbocycles. The highest BCUT2D eigenvalue weighted by atomic mass is 35.5. The van der Waals surface area contributed by atoms with Gasteiger partial charge in [-0.2, -0.15) is 0 Å². The molecule has 0 saturated heterocycles. The molecule has 0 amide bonds. The van der Waals surface area contributed by atoms with Crippen LogP contribution in [0.25, 0.3) is 0 Å². The van der Waals surface area contributed by atoms with Gasteiger partial charge in [0.15, 0.2) is 6.10 Å². The summed E-state index contributed by atoms with van der Waals surface area (Å²) in [5.74, 6) is 0.741. The van der Waals surface area contributed by atoms with Gasteiger partial charge < -0.3 is 14.6 Å². The van der Waals surface area contributed by atoms with Gasteiger partial charge in [0.1, 0.15) is 11.5 Å². The Kier molecular flexibility index (Phi) is 4.29. The number of fused-ring (bicyclic) bond motifs is 1. The average Bonchev–Trinajstić information content (AvgIpc) is 2.58. The molecular formula is C16H13Cl2NO5. The van der Waals surface area contributed by atoms with E-state index in [4.69, 9.17) is 32.7 Å². The highest BCUT2D eigenvalue weighted by molar-refractivity contribution is 6.30. The Labute approximate surface area is 147 Å². The molecule has 0 aromatic heterocycles. The molecule has 3 atom stereocenters. The van der Waals surface area contributed by atoms with E-state index < -0.39 is 22.1 Å². The van der Waals surface area contributed by atoms with Gasteiger partial charge in [0.05, 0.1) is 12.0 Å². The van der Waals surface area contributed by atoms with E-state index >= 15 is 0 Å². The molecule has 1 aliphatic heterocycles. The molecular weight excluding hydrogens is 357 g/mol. The molecule has 24 heavy (non-hydrogen) atoms. The van der Waals surface area contributed by atoms with Gasteiger partial charge in [-0.15, -0.1) is 0 Å². The third kappa shape index (κ3) is 2.56. The van der Waals surface area contributed by atoms with Crippen molar-refractivity contribution < 1.29 is 19.5 Å². The van der Waals surface area contributed by atoms with Crippen LogP contribution in [-0.4, -0.2) is 22.1 Å². The van der Waals surface area contributed by atoms with Crippen molar-refractivity contribution >= 4 is 23.2 Å². The maximum absolute atomic E-state index is 11.7. The topological polar surface area (TPSA) is 81.8 Å². The first-order valence-corrected chi connectivity index (χ1v) is 7.75. The fraction of sp³-hybridized carbons (Fsp3) is 0.250.